The van der Waals surface area contributed by atoms with Crippen molar-refractivity contribution in [3.63, 3.8) is 0 Å². The molecule has 1 N–H and O–H groups in total. The molecule has 0 aromatic heterocycles. The van der Waals surface area contributed by atoms with Gasteiger partial charge in [-0.2, -0.15) is 0 Å². The van der Waals surface area contributed by atoms with E-state index in [-0.39, 0.29) is 0 Å². The van der Waals surface area contributed by atoms with E-state index in [4.69, 9.17) is 10.7 Å². The van der Waals surface area contributed by atoms with E-state index in [0.717, 1.165) is 10.9 Å². The third kappa shape index (κ3) is 2.01. The predicted octanol–water partition coefficient (Wildman–Crippen LogP) is 2.56. The summed E-state index contributed by atoms with van der Waals surface area (Å²) in [5.41, 5.74) is 1.17. The number of pyridine rings is 1. The van der Waals surface area contributed by atoms with Gasteiger partial charge in [0.25, 0.3) is 9.05 Å². The zero-order chi connectivity index (χ0) is 13.6. The minimum absolute atomic E-state index is 0.306. The molecule has 0 saturated carbocycles. The second-order valence-corrected chi connectivity index (χ2v) is 6.68. The fourth-order valence-electron chi connectivity index (χ4n) is 2.06. The van der Waals surface area contributed by atoms with Crippen molar-refractivity contribution in [2.45, 2.75) is 4.90 Å². The van der Waals surface area contributed by atoms with Gasteiger partial charge in [0.15, 0.2) is 0 Å². The van der Waals surface area contributed by atoms with E-state index in [1.807, 2.05) is 24.3 Å². The standard InChI is InChI=1S/C13H8ClNO3S/c14-19(17,18)12-6-5-11-9(13(12)16)7-8-3-1-2-4-10(8)15-11/h1-7,15H. The summed E-state index contributed by atoms with van der Waals surface area (Å²) in [5.74, 6) is 0. The van der Waals surface area contributed by atoms with E-state index in [2.05, 4.69) is 4.98 Å². The molecule has 0 fully saturated rings. The second-order valence-electron chi connectivity index (χ2n) is 4.15. The molecule has 0 bridgehead atoms. The molecule has 0 unspecified atom stereocenters. The van der Waals surface area contributed by atoms with Crippen molar-refractivity contribution < 1.29 is 8.42 Å². The first kappa shape index (κ1) is 12.2. The Kier molecular flexibility index (Phi) is 2.62. The zero-order valence-electron chi connectivity index (χ0n) is 9.55. The third-order valence-electron chi connectivity index (χ3n) is 2.95. The molecule has 19 heavy (non-hydrogen) atoms. The highest BCUT2D eigenvalue weighted by atomic mass is 35.7. The molecule has 1 heterocycles. The largest absolute Gasteiger partial charge is 0.354 e. The summed E-state index contributed by atoms with van der Waals surface area (Å²) < 4.78 is 22.6. The van der Waals surface area contributed by atoms with Gasteiger partial charge in [0.1, 0.15) is 4.90 Å². The van der Waals surface area contributed by atoms with Crippen molar-refractivity contribution in [1.82, 2.24) is 4.98 Å². The lowest BCUT2D eigenvalue weighted by Gasteiger charge is -2.08. The van der Waals surface area contributed by atoms with Crippen LogP contribution in [0.2, 0.25) is 0 Å². The molecule has 2 aliphatic rings. The Balaban J connectivity index is 2.47. The van der Waals surface area contributed by atoms with Crippen LogP contribution in [0.1, 0.15) is 0 Å². The Morgan fingerprint density at radius 1 is 1.05 bits per heavy atom. The molecule has 0 radical (unpaired) electrons. The molecule has 1 aliphatic carbocycles. The van der Waals surface area contributed by atoms with E-state index < -0.39 is 19.4 Å². The van der Waals surface area contributed by atoms with Gasteiger partial charge >= 0.3 is 0 Å². The van der Waals surface area contributed by atoms with Crippen LogP contribution in [0.5, 0.6) is 0 Å². The number of nitrogens with one attached hydrogen (secondary N) is 1. The highest BCUT2D eigenvalue weighted by molar-refractivity contribution is 8.13. The molecule has 4 nitrogen and oxygen atoms in total. The Bertz CT molecular complexity index is 915. The van der Waals surface area contributed by atoms with Crippen molar-refractivity contribution in [3.05, 3.63) is 52.7 Å². The van der Waals surface area contributed by atoms with E-state index >= 15 is 0 Å². The lowest BCUT2D eigenvalue weighted by Crippen LogP contribution is -2.14. The fourth-order valence-corrected chi connectivity index (χ4v) is 2.99. The Morgan fingerprint density at radius 3 is 2.53 bits per heavy atom. The molecule has 6 heteroatoms. The second kappa shape index (κ2) is 4.08. The molecular weight excluding hydrogens is 286 g/mol. The van der Waals surface area contributed by atoms with Gasteiger partial charge in [-0.3, -0.25) is 4.79 Å². The Labute approximate surface area is 113 Å². The van der Waals surface area contributed by atoms with E-state index in [1.165, 1.54) is 6.07 Å². The summed E-state index contributed by atoms with van der Waals surface area (Å²) >= 11 is 0. The van der Waals surface area contributed by atoms with Crippen LogP contribution < -0.4 is 5.43 Å². The smallest absolute Gasteiger partial charge is 0.265 e. The molecule has 0 amide bonds. The van der Waals surface area contributed by atoms with Crippen LogP contribution in [0.4, 0.5) is 0 Å². The van der Waals surface area contributed by atoms with Gasteiger partial charge in [0.05, 0.1) is 0 Å². The SMILES string of the molecule is O=c1c2cc3ccccc3[nH]c-2ccc1S(=O)(=O)Cl. The summed E-state index contributed by atoms with van der Waals surface area (Å²) in [6.45, 7) is 0. The molecule has 1 aliphatic heterocycles. The van der Waals surface area contributed by atoms with E-state index in [0.29, 0.717) is 11.3 Å². The first-order valence-electron chi connectivity index (χ1n) is 5.46. The number of H-pyrrole nitrogens is 1. The summed E-state index contributed by atoms with van der Waals surface area (Å²) in [6.07, 6.45) is 0. The summed E-state index contributed by atoms with van der Waals surface area (Å²) in [7, 11) is 1.21. The molecule has 96 valence electrons. The maximum absolute atomic E-state index is 12.1. The Hall–Kier alpha value is -1.85. The number of para-hydroxylation sites is 1. The normalized spacial score (nSPS) is 12.1. The van der Waals surface area contributed by atoms with Gasteiger partial charge in [-0.15, -0.1) is 0 Å². The summed E-state index contributed by atoms with van der Waals surface area (Å²) in [6, 6.07) is 11.9. The van der Waals surface area contributed by atoms with Gasteiger partial charge in [-0.05, 0) is 29.7 Å². The van der Waals surface area contributed by atoms with Crippen molar-refractivity contribution in [3.8, 4) is 11.3 Å². The highest BCUT2D eigenvalue weighted by Crippen LogP contribution is 2.24. The van der Waals surface area contributed by atoms with Crippen LogP contribution in [0.15, 0.2) is 52.2 Å². The van der Waals surface area contributed by atoms with Crippen LogP contribution >= 0.6 is 10.7 Å². The number of rotatable bonds is 1. The first-order chi connectivity index (χ1) is 8.97. The average Bonchev–Trinajstić information content (AvgIpc) is 2.36. The summed E-state index contributed by atoms with van der Waals surface area (Å²) in [5, 5.41) is 0.830. The van der Waals surface area contributed by atoms with E-state index in [9.17, 15) is 13.2 Å². The number of benzene rings is 2. The Morgan fingerprint density at radius 2 is 1.79 bits per heavy atom. The number of fused-ring (bicyclic) bond motifs is 2. The monoisotopic (exact) mass is 293 g/mol. The van der Waals surface area contributed by atoms with Crippen LogP contribution in [0, 0.1) is 0 Å². The predicted molar refractivity (Wildman–Crippen MR) is 74.2 cm³/mol. The van der Waals surface area contributed by atoms with Crippen LogP contribution in [-0.2, 0) is 9.05 Å². The fraction of sp³-hybridized carbons (Fsp3) is 0. The molecular formula is C13H8ClNO3S. The number of aromatic nitrogens is 1. The van der Waals surface area contributed by atoms with Crippen molar-refractivity contribution in [1.29, 1.82) is 0 Å². The minimum atomic E-state index is -4.03. The zero-order valence-corrected chi connectivity index (χ0v) is 11.1. The maximum atomic E-state index is 12.1. The summed E-state index contributed by atoms with van der Waals surface area (Å²) in [4.78, 5) is 14.8. The lowest BCUT2D eigenvalue weighted by atomic mass is 10.1. The van der Waals surface area contributed by atoms with Crippen LogP contribution in [0.3, 0.4) is 0 Å². The van der Waals surface area contributed by atoms with Gasteiger partial charge in [0, 0.05) is 27.5 Å². The molecule has 0 saturated heterocycles. The van der Waals surface area contributed by atoms with Gasteiger partial charge in [-0.25, -0.2) is 8.42 Å². The lowest BCUT2D eigenvalue weighted by molar-refractivity contribution is 0.609. The van der Waals surface area contributed by atoms with Crippen LogP contribution in [-0.4, -0.2) is 13.4 Å². The number of halogens is 1. The maximum Gasteiger partial charge on any atom is 0.265 e. The quantitative estimate of drug-likeness (QED) is 0.554. The third-order valence-corrected chi connectivity index (χ3v) is 4.30. The van der Waals surface area contributed by atoms with Crippen molar-refractivity contribution in [2.24, 2.45) is 0 Å². The topological polar surface area (TPSA) is 67.0 Å². The van der Waals surface area contributed by atoms with E-state index in [1.54, 1.807) is 12.1 Å². The van der Waals surface area contributed by atoms with Gasteiger partial charge in [-0.1, -0.05) is 18.2 Å². The molecule has 0 atom stereocenters. The minimum Gasteiger partial charge on any atom is -0.354 e. The number of hydrogen-bond acceptors (Lipinski definition) is 3. The highest BCUT2D eigenvalue weighted by Gasteiger charge is 2.19. The first-order valence-corrected chi connectivity index (χ1v) is 7.77. The molecule has 3 rings (SSSR count). The van der Waals surface area contributed by atoms with Gasteiger partial charge in [0.2, 0.25) is 5.43 Å². The molecule has 0 spiro atoms. The average molecular weight is 294 g/mol. The number of aromatic amines is 1. The molecule has 1 aromatic rings. The van der Waals surface area contributed by atoms with Crippen LogP contribution in [0.25, 0.3) is 22.2 Å². The molecule has 1 aromatic carbocycles. The number of hydrogen-bond donors (Lipinski definition) is 1. The van der Waals surface area contributed by atoms with Gasteiger partial charge < -0.3 is 4.98 Å². The van der Waals surface area contributed by atoms with Crippen molar-refractivity contribution in [2.75, 3.05) is 0 Å². The van der Waals surface area contributed by atoms with Crippen molar-refractivity contribution >= 4 is 30.6 Å².